The van der Waals surface area contributed by atoms with Crippen molar-refractivity contribution < 1.29 is 4.79 Å². The molecule has 0 aromatic heterocycles. The maximum atomic E-state index is 10.5. The molecule has 0 bridgehead atoms. The van der Waals surface area contributed by atoms with Gasteiger partial charge in [-0.15, -0.1) is 0 Å². The van der Waals surface area contributed by atoms with Crippen LogP contribution in [0.5, 0.6) is 0 Å². The molecule has 0 saturated carbocycles. The molecular weight excluding hydrogens is 281 g/mol. The van der Waals surface area contributed by atoms with E-state index in [0.717, 1.165) is 15.4 Å². The number of halogens is 1. The smallest absolute Gasteiger partial charge is 0.150 e. The summed E-state index contributed by atoms with van der Waals surface area (Å²) in [5.41, 5.74) is 9.57. The summed E-state index contributed by atoms with van der Waals surface area (Å²) in [7, 11) is 0. The summed E-state index contributed by atoms with van der Waals surface area (Å²) in [6.45, 7) is 0.286. The minimum Gasteiger partial charge on any atom is -0.298 e. The van der Waals surface area contributed by atoms with Crippen LogP contribution in [0, 0.1) is 3.57 Å². The van der Waals surface area contributed by atoms with Gasteiger partial charge in [-0.05, 0) is 51.9 Å². The highest BCUT2D eigenvalue weighted by Crippen LogP contribution is 2.12. The van der Waals surface area contributed by atoms with Crippen LogP contribution in [0.4, 0.5) is 0 Å². The fourth-order valence-corrected chi connectivity index (χ4v) is 1.71. The highest BCUT2D eigenvalue weighted by molar-refractivity contribution is 14.1. The Labute approximate surface area is 88.7 Å². The molecule has 1 aromatic carbocycles. The summed E-state index contributed by atoms with van der Waals surface area (Å²) in [5.74, 6) is 0. The zero-order valence-electron chi connectivity index (χ0n) is 6.64. The summed E-state index contributed by atoms with van der Waals surface area (Å²) >= 11 is 2.11. The Morgan fingerprint density at radius 1 is 1.54 bits per heavy atom. The minimum atomic E-state index is 0.286. The van der Waals surface area contributed by atoms with Gasteiger partial charge in [0.05, 0.1) is 6.54 Å². The third kappa shape index (κ3) is 3.04. The normalized spacial score (nSPS) is 9.00. The van der Waals surface area contributed by atoms with Crippen molar-refractivity contribution in [1.29, 1.82) is 0 Å². The molecule has 1 aromatic rings. The van der Waals surface area contributed by atoms with Crippen LogP contribution in [0.1, 0.15) is 15.9 Å². The molecule has 0 amide bonds. The molecule has 0 spiro atoms. The van der Waals surface area contributed by atoms with Crippen LogP contribution < -0.4 is 0 Å². The number of hydrogen-bond donors (Lipinski definition) is 0. The Hall–Kier alpha value is -1.07. The molecular formula is C8H6IN3O. The number of nitrogens with zero attached hydrogens (tertiary/aromatic N) is 3. The second-order valence-corrected chi connectivity index (χ2v) is 3.65. The average Bonchev–Trinajstić information content (AvgIpc) is 2.14. The number of benzene rings is 1. The van der Waals surface area contributed by atoms with Gasteiger partial charge in [0.15, 0.2) is 0 Å². The number of carbonyl (C=O) groups is 1. The summed E-state index contributed by atoms with van der Waals surface area (Å²) in [5, 5.41) is 3.42. The van der Waals surface area contributed by atoms with E-state index in [-0.39, 0.29) is 6.54 Å². The predicted molar refractivity (Wildman–Crippen MR) is 57.4 cm³/mol. The molecule has 0 fully saturated rings. The van der Waals surface area contributed by atoms with Gasteiger partial charge in [0.1, 0.15) is 6.29 Å². The highest BCUT2D eigenvalue weighted by atomic mass is 127. The van der Waals surface area contributed by atoms with Crippen LogP contribution in [0.15, 0.2) is 23.3 Å². The number of rotatable bonds is 3. The van der Waals surface area contributed by atoms with E-state index in [2.05, 4.69) is 32.6 Å². The molecule has 5 heteroatoms. The van der Waals surface area contributed by atoms with Crippen LogP contribution in [0.25, 0.3) is 10.4 Å². The highest BCUT2D eigenvalue weighted by Gasteiger charge is 1.97. The zero-order chi connectivity index (χ0) is 9.68. The number of hydrogen-bond acceptors (Lipinski definition) is 2. The monoisotopic (exact) mass is 287 g/mol. The second-order valence-electron chi connectivity index (χ2n) is 2.40. The van der Waals surface area contributed by atoms with Crippen LogP contribution in [-0.2, 0) is 6.54 Å². The molecule has 66 valence electrons. The van der Waals surface area contributed by atoms with Crippen molar-refractivity contribution >= 4 is 28.9 Å². The van der Waals surface area contributed by atoms with E-state index >= 15 is 0 Å². The SMILES string of the molecule is [N-]=[N+]=NCc1cc(I)cc(C=O)c1. The lowest BCUT2D eigenvalue weighted by Gasteiger charge is -1.98. The second kappa shape index (κ2) is 4.84. The zero-order valence-corrected chi connectivity index (χ0v) is 8.80. The fraction of sp³-hybridized carbons (Fsp3) is 0.125. The molecule has 0 aliphatic rings. The van der Waals surface area contributed by atoms with E-state index in [1.54, 1.807) is 12.1 Å². The quantitative estimate of drug-likeness (QED) is 0.277. The molecule has 0 radical (unpaired) electrons. The van der Waals surface area contributed by atoms with Crippen LogP contribution >= 0.6 is 22.6 Å². The maximum absolute atomic E-state index is 10.5. The van der Waals surface area contributed by atoms with Crippen molar-refractivity contribution in [1.82, 2.24) is 0 Å². The van der Waals surface area contributed by atoms with Gasteiger partial charge in [0.2, 0.25) is 0 Å². The minimum absolute atomic E-state index is 0.286. The van der Waals surface area contributed by atoms with Gasteiger partial charge >= 0.3 is 0 Å². The van der Waals surface area contributed by atoms with Gasteiger partial charge in [-0.25, -0.2) is 0 Å². The first-order valence-corrected chi connectivity index (χ1v) is 4.59. The Kier molecular flexibility index (Phi) is 3.72. The Balaban J connectivity index is 3.00. The Morgan fingerprint density at radius 2 is 2.31 bits per heavy atom. The van der Waals surface area contributed by atoms with E-state index in [1.807, 2.05) is 6.07 Å². The van der Waals surface area contributed by atoms with Gasteiger partial charge in [-0.2, -0.15) is 0 Å². The molecule has 13 heavy (non-hydrogen) atoms. The lowest BCUT2D eigenvalue weighted by Crippen LogP contribution is -1.87. The predicted octanol–water partition coefficient (Wildman–Crippen LogP) is 2.91. The lowest BCUT2D eigenvalue weighted by atomic mass is 10.1. The molecule has 0 aliphatic heterocycles. The van der Waals surface area contributed by atoms with Crippen molar-refractivity contribution in [3.05, 3.63) is 43.3 Å². The molecule has 0 unspecified atom stereocenters. The fourth-order valence-electron chi connectivity index (χ4n) is 0.948. The Morgan fingerprint density at radius 3 is 2.92 bits per heavy atom. The molecule has 1 rings (SSSR count). The number of carbonyl (C=O) groups excluding carboxylic acids is 1. The van der Waals surface area contributed by atoms with Crippen molar-refractivity contribution in [3.63, 3.8) is 0 Å². The third-order valence-corrected chi connectivity index (χ3v) is 2.06. The molecule has 0 N–H and O–H groups in total. The average molecular weight is 287 g/mol. The molecule has 0 heterocycles. The lowest BCUT2D eigenvalue weighted by molar-refractivity contribution is 0.112. The van der Waals surface area contributed by atoms with Crippen molar-refractivity contribution in [2.24, 2.45) is 5.11 Å². The van der Waals surface area contributed by atoms with E-state index in [4.69, 9.17) is 5.53 Å². The van der Waals surface area contributed by atoms with E-state index in [1.165, 1.54) is 0 Å². The van der Waals surface area contributed by atoms with E-state index in [0.29, 0.717) is 5.56 Å². The summed E-state index contributed by atoms with van der Waals surface area (Å²) in [6, 6.07) is 5.36. The third-order valence-electron chi connectivity index (χ3n) is 1.43. The first-order chi connectivity index (χ1) is 6.26. The summed E-state index contributed by atoms with van der Waals surface area (Å²) in [6.07, 6.45) is 0.780. The first-order valence-electron chi connectivity index (χ1n) is 3.52. The molecule has 0 aliphatic carbocycles. The topological polar surface area (TPSA) is 65.8 Å². The van der Waals surface area contributed by atoms with E-state index in [9.17, 15) is 4.79 Å². The van der Waals surface area contributed by atoms with Crippen LogP contribution in [-0.4, -0.2) is 6.29 Å². The Bertz CT molecular complexity index is 372. The number of aldehydes is 1. The molecule has 4 nitrogen and oxygen atoms in total. The standard InChI is InChI=1S/C8H6IN3O/c9-8-2-6(4-11-12-10)1-7(3-8)5-13/h1-3,5H,4H2. The largest absolute Gasteiger partial charge is 0.298 e. The van der Waals surface area contributed by atoms with Gasteiger partial charge in [0, 0.05) is 14.0 Å². The summed E-state index contributed by atoms with van der Waals surface area (Å²) < 4.78 is 0.963. The van der Waals surface area contributed by atoms with Crippen molar-refractivity contribution in [3.8, 4) is 0 Å². The van der Waals surface area contributed by atoms with Crippen LogP contribution in [0.2, 0.25) is 0 Å². The van der Waals surface area contributed by atoms with Gasteiger partial charge in [-0.3, -0.25) is 4.79 Å². The van der Waals surface area contributed by atoms with Crippen LogP contribution in [0.3, 0.4) is 0 Å². The summed E-state index contributed by atoms with van der Waals surface area (Å²) in [4.78, 5) is 13.1. The van der Waals surface area contributed by atoms with Gasteiger partial charge in [0.25, 0.3) is 0 Å². The van der Waals surface area contributed by atoms with Crippen molar-refractivity contribution in [2.45, 2.75) is 6.54 Å². The molecule has 0 atom stereocenters. The maximum Gasteiger partial charge on any atom is 0.150 e. The molecule has 0 saturated heterocycles. The van der Waals surface area contributed by atoms with Crippen molar-refractivity contribution in [2.75, 3.05) is 0 Å². The first kappa shape index (κ1) is 10.0. The number of azide groups is 1. The van der Waals surface area contributed by atoms with Gasteiger partial charge in [-0.1, -0.05) is 5.11 Å². The van der Waals surface area contributed by atoms with E-state index < -0.39 is 0 Å². The van der Waals surface area contributed by atoms with Gasteiger partial charge < -0.3 is 0 Å².